The van der Waals surface area contributed by atoms with Crippen LogP contribution in [0.15, 0.2) is 85.1 Å². The Morgan fingerprint density at radius 3 is 2.58 bits per heavy atom. The van der Waals surface area contributed by atoms with Gasteiger partial charge in [0.25, 0.3) is 0 Å². The number of rotatable bonds is 2. The maximum absolute atomic E-state index is 4.90. The van der Waals surface area contributed by atoms with Crippen molar-refractivity contribution in [2.75, 3.05) is 4.90 Å². The zero-order chi connectivity index (χ0) is 17.5. The first-order valence-electron chi connectivity index (χ1n) is 8.94. The lowest BCUT2D eigenvalue weighted by Crippen LogP contribution is -2.29. The number of hydrogen-bond donors (Lipinski definition) is 0. The molecule has 5 rings (SSSR count). The van der Waals surface area contributed by atoms with Crippen molar-refractivity contribution < 1.29 is 0 Å². The first-order valence-corrected chi connectivity index (χ1v) is 8.94. The zero-order valence-electron chi connectivity index (χ0n) is 14.6. The van der Waals surface area contributed by atoms with E-state index in [4.69, 9.17) is 4.98 Å². The smallest absolute Gasteiger partial charge is 0.161 e. The molecule has 3 nitrogen and oxygen atoms in total. The Balaban J connectivity index is 1.61. The van der Waals surface area contributed by atoms with Crippen LogP contribution in [0.3, 0.4) is 0 Å². The van der Waals surface area contributed by atoms with E-state index >= 15 is 0 Å². The van der Waals surface area contributed by atoms with Crippen molar-refractivity contribution in [1.82, 2.24) is 9.97 Å². The number of nitrogens with zero attached hydrogens (tertiary/aromatic N) is 3. The van der Waals surface area contributed by atoms with Crippen molar-refractivity contribution in [2.24, 2.45) is 0 Å². The fraction of sp³-hybridized carbons (Fsp3) is 0.130. The predicted molar refractivity (Wildman–Crippen MR) is 106 cm³/mol. The molecule has 1 aromatic heterocycles. The van der Waals surface area contributed by atoms with Crippen LogP contribution in [0.5, 0.6) is 0 Å². The summed E-state index contributed by atoms with van der Waals surface area (Å²) in [4.78, 5) is 11.7. The van der Waals surface area contributed by atoms with Crippen molar-refractivity contribution in [2.45, 2.75) is 18.9 Å². The van der Waals surface area contributed by atoms with Crippen LogP contribution in [0, 0.1) is 6.92 Å². The number of hydrogen-bond acceptors (Lipinski definition) is 3. The van der Waals surface area contributed by atoms with Gasteiger partial charge in [0.2, 0.25) is 0 Å². The van der Waals surface area contributed by atoms with Crippen LogP contribution in [0.25, 0.3) is 11.4 Å². The molecule has 0 fully saturated rings. The number of para-hydroxylation sites is 1. The second-order valence-corrected chi connectivity index (χ2v) is 6.82. The Morgan fingerprint density at radius 1 is 0.885 bits per heavy atom. The summed E-state index contributed by atoms with van der Waals surface area (Å²) in [7, 11) is 0. The van der Waals surface area contributed by atoms with Crippen molar-refractivity contribution in [3.63, 3.8) is 0 Å². The zero-order valence-corrected chi connectivity index (χ0v) is 14.6. The van der Waals surface area contributed by atoms with Crippen molar-refractivity contribution in [3.8, 4) is 11.4 Å². The number of fused-ring (bicyclic) bond motifs is 3. The Kier molecular flexibility index (Phi) is 3.45. The molecule has 3 heteroatoms. The largest absolute Gasteiger partial charge is 0.318 e. The highest BCUT2D eigenvalue weighted by molar-refractivity contribution is 5.74. The van der Waals surface area contributed by atoms with E-state index in [1.807, 2.05) is 12.3 Å². The van der Waals surface area contributed by atoms with Gasteiger partial charge in [0.1, 0.15) is 5.82 Å². The Morgan fingerprint density at radius 2 is 1.69 bits per heavy atom. The first-order chi connectivity index (χ1) is 12.8. The summed E-state index contributed by atoms with van der Waals surface area (Å²) in [6.45, 7) is 2.09. The molecule has 0 saturated carbocycles. The molecule has 3 aromatic rings. The molecule has 0 saturated heterocycles. The van der Waals surface area contributed by atoms with Gasteiger partial charge in [-0.15, -0.1) is 0 Å². The molecule has 1 aliphatic heterocycles. The SMILES string of the molecule is Cc1ccc(-c2nccc(N3c4ccccc4C4C=CC=CC43)n2)cc1. The van der Waals surface area contributed by atoms with Crippen LogP contribution in [0.4, 0.5) is 11.5 Å². The van der Waals surface area contributed by atoms with Crippen molar-refractivity contribution in [1.29, 1.82) is 0 Å². The molecule has 2 unspecified atom stereocenters. The van der Waals surface area contributed by atoms with Gasteiger partial charge in [-0.05, 0) is 24.6 Å². The second-order valence-electron chi connectivity index (χ2n) is 6.82. The van der Waals surface area contributed by atoms with Crippen LogP contribution < -0.4 is 4.90 Å². The van der Waals surface area contributed by atoms with Gasteiger partial charge in [0.05, 0.1) is 6.04 Å². The summed E-state index contributed by atoms with van der Waals surface area (Å²) in [5, 5.41) is 0. The Bertz CT molecular complexity index is 1020. The lowest BCUT2D eigenvalue weighted by Gasteiger charge is -2.27. The lowest BCUT2D eigenvalue weighted by atomic mass is 9.91. The number of allylic oxidation sites excluding steroid dienone is 2. The van der Waals surface area contributed by atoms with Gasteiger partial charge in [-0.3, -0.25) is 0 Å². The number of aryl methyl sites for hydroxylation is 1. The van der Waals surface area contributed by atoms with Gasteiger partial charge >= 0.3 is 0 Å². The highest BCUT2D eigenvalue weighted by atomic mass is 15.2. The Hall–Kier alpha value is -3.20. The molecule has 126 valence electrons. The first kappa shape index (κ1) is 15.1. The molecule has 1 aliphatic carbocycles. The minimum absolute atomic E-state index is 0.262. The van der Waals surface area contributed by atoms with Crippen LogP contribution in [0.1, 0.15) is 17.0 Å². The fourth-order valence-corrected chi connectivity index (χ4v) is 3.88. The molecule has 0 bridgehead atoms. The van der Waals surface area contributed by atoms with Gasteiger partial charge in [-0.2, -0.15) is 0 Å². The van der Waals surface area contributed by atoms with E-state index in [-0.39, 0.29) is 6.04 Å². The fourth-order valence-electron chi connectivity index (χ4n) is 3.88. The highest BCUT2D eigenvalue weighted by Crippen LogP contribution is 2.46. The van der Waals surface area contributed by atoms with E-state index in [0.29, 0.717) is 5.92 Å². The molecule has 0 amide bonds. The van der Waals surface area contributed by atoms with Crippen LogP contribution >= 0.6 is 0 Å². The van der Waals surface area contributed by atoms with E-state index in [1.54, 1.807) is 0 Å². The summed E-state index contributed by atoms with van der Waals surface area (Å²) >= 11 is 0. The third-order valence-electron chi connectivity index (χ3n) is 5.16. The number of aromatic nitrogens is 2. The van der Waals surface area contributed by atoms with E-state index < -0.39 is 0 Å². The molecule has 0 spiro atoms. The molecule has 0 radical (unpaired) electrons. The van der Waals surface area contributed by atoms with Gasteiger partial charge < -0.3 is 4.90 Å². The summed E-state index contributed by atoms with van der Waals surface area (Å²) in [5.41, 5.74) is 4.86. The van der Waals surface area contributed by atoms with Crippen molar-refractivity contribution in [3.05, 3.63) is 96.2 Å². The minimum atomic E-state index is 0.262. The quantitative estimate of drug-likeness (QED) is 0.645. The molecule has 2 aliphatic rings. The molecule has 2 heterocycles. The Labute approximate surface area is 153 Å². The number of anilines is 2. The monoisotopic (exact) mass is 337 g/mol. The third kappa shape index (κ3) is 2.36. The average molecular weight is 337 g/mol. The molecule has 0 N–H and O–H groups in total. The molecule has 2 aromatic carbocycles. The summed E-state index contributed by atoms with van der Waals surface area (Å²) in [5.74, 6) is 2.07. The summed E-state index contributed by atoms with van der Waals surface area (Å²) < 4.78 is 0. The summed E-state index contributed by atoms with van der Waals surface area (Å²) in [6.07, 6.45) is 10.7. The van der Waals surface area contributed by atoms with E-state index in [2.05, 4.69) is 89.6 Å². The molecular formula is C23H19N3. The number of benzene rings is 2. The minimum Gasteiger partial charge on any atom is -0.318 e. The van der Waals surface area contributed by atoms with Gasteiger partial charge in [0, 0.05) is 23.4 Å². The highest BCUT2D eigenvalue weighted by Gasteiger charge is 2.37. The average Bonchev–Trinajstić information content (AvgIpc) is 3.03. The van der Waals surface area contributed by atoms with E-state index in [9.17, 15) is 0 Å². The van der Waals surface area contributed by atoms with Crippen LogP contribution in [0.2, 0.25) is 0 Å². The maximum Gasteiger partial charge on any atom is 0.161 e. The van der Waals surface area contributed by atoms with Crippen LogP contribution in [-0.4, -0.2) is 16.0 Å². The molecular weight excluding hydrogens is 318 g/mol. The van der Waals surface area contributed by atoms with E-state index in [1.165, 1.54) is 16.8 Å². The van der Waals surface area contributed by atoms with Crippen molar-refractivity contribution >= 4 is 11.5 Å². The normalized spacial score (nSPS) is 20.1. The van der Waals surface area contributed by atoms with Gasteiger partial charge in [0.15, 0.2) is 5.82 Å². The molecule has 26 heavy (non-hydrogen) atoms. The topological polar surface area (TPSA) is 29.0 Å². The third-order valence-corrected chi connectivity index (χ3v) is 5.16. The van der Waals surface area contributed by atoms with Gasteiger partial charge in [-0.1, -0.05) is 72.3 Å². The van der Waals surface area contributed by atoms with Crippen LogP contribution in [-0.2, 0) is 0 Å². The van der Waals surface area contributed by atoms with Gasteiger partial charge in [-0.25, -0.2) is 9.97 Å². The lowest BCUT2D eigenvalue weighted by molar-refractivity contribution is 0.737. The van der Waals surface area contributed by atoms with E-state index in [0.717, 1.165) is 17.2 Å². The standard InChI is InChI=1S/C23H19N3/c1-16-10-12-17(13-11-16)23-24-15-14-22(25-23)26-20-8-4-2-6-18(20)19-7-3-5-9-21(19)26/h2-15,18,20H,1H3. The predicted octanol–water partition coefficient (Wildman–Crippen LogP) is 5.18. The maximum atomic E-state index is 4.90. The molecule has 2 atom stereocenters. The second kappa shape index (κ2) is 5.95. The summed E-state index contributed by atoms with van der Waals surface area (Å²) in [6, 6.07) is 19.2.